The highest BCUT2D eigenvalue weighted by Gasteiger charge is 2.42. The monoisotopic (exact) mass is 1160 g/mol. The summed E-state index contributed by atoms with van der Waals surface area (Å²) in [5, 5.41) is 69.2. The summed E-state index contributed by atoms with van der Waals surface area (Å²) in [7, 11) is 0. The van der Waals surface area contributed by atoms with E-state index >= 15 is 4.39 Å². The third-order valence-electron chi connectivity index (χ3n) is 16.2. The number of unbranched alkanes of at least 4 members (excludes halogenated alkanes) is 3. The van der Waals surface area contributed by atoms with Gasteiger partial charge in [0.2, 0.25) is 17.7 Å². The van der Waals surface area contributed by atoms with Crippen LogP contribution in [0.5, 0.6) is 0 Å². The number of amides is 5. The summed E-state index contributed by atoms with van der Waals surface area (Å²) in [6.07, 6.45) is -2.24. The number of carbonyl (C=O) groups excluding carboxylic acids is 7. The van der Waals surface area contributed by atoms with E-state index in [-0.39, 0.29) is 88.7 Å². The molecule has 0 saturated carbocycles. The summed E-state index contributed by atoms with van der Waals surface area (Å²) in [5.41, 5.74) is 3.66. The molecule has 3 aliphatic rings. The number of aromatic nitrogens is 2. The Kier molecular flexibility index (Phi) is 23.1. The Morgan fingerprint density at radius 2 is 1.58 bits per heavy atom. The molecule has 23 heteroatoms. The third-order valence-corrected chi connectivity index (χ3v) is 16.2. The molecular formula is C60H81FN6O16. The van der Waals surface area contributed by atoms with Crippen molar-refractivity contribution in [2.45, 2.75) is 174 Å². The molecule has 3 aliphatic heterocycles. The number of fused-ring (bicyclic) bond motifs is 5. The molecule has 0 unspecified atom stereocenters. The Balaban J connectivity index is 1.00. The minimum Gasteiger partial charge on any atom is -0.490 e. The van der Waals surface area contributed by atoms with E-state index in [0.29, 0.717) is 78.5 Å². The van der Waals surface area contributed by atoms with Gasteiger partial charge < -0.3 is 60.6 Å². The van der Waals surface area contributed by atoms with Gasteiger partial charge in [0.15, 0.2) is 5.78 Å². The van der Waals surface area contributed by atoms with Crippen molar-refractivity contribution in [3.63, 3.8) is 0 Å². The lowest BCUT2D eigenvalue weighted by molar-refractivity contribution is -0.137. The Bertz CT molecular complexity index is 3010. The molecule has 83 heavy (non-hydrogen) atoms. The van der Waals surface area contributed by atoms with E-state index in [2.05, 4.69) is 22.5 Å². The lowest BCUT2D eigenvalue weighted by Crippen LogP contribution is -2.49. The number of nitrogens with one attached hydrogen (secondary N) is 3. The zero-order chi connectivity index (χ0) is 61.0. The number of ketones is 2. The summed E-state index contributed by atoms with van der Waals surface area (Å²) < 4.78 is 28.8. The fourth-order valence-corrected chi connectivity index (χ4v) is 11.0. The molecule has 2 aromatic heterocycles. The van der Waals surface area contributed by atoms with Crippen LogP contribution in [-0.4, -0.2) is 150 Å². The normalized spacial score (nSPS) is 18.0. The van der Waals surface area contributed by atoms with Crippen LogP contribution in [0.4, 0.5) is 4.39 Å². The SMILES string of the molecule is C=C1OCc2c(cc3n(c2=O)Cc2c-3nc3cc(F)c(C)c(CCCCOCNC(=O)[C@H](C)CC(=O)[C@@H](NC(=O)[C@H](CCC(=O)NC[C@H](O)[C@@H](O)[C@H](O)[C@H](O)CO)CC(=O)CCCCCN4C(=O)C=CC4=O)C(C)C)c3c2CC)[C@@]1(O)CC. The van der Waals surface area contributed by atoms with Crippen molar-refractivity contribution in [1.82, 2.24) is 30.4 Å². The number of imide groups is 1. The van der Waals surface area contributed by atoms with Gasteiger partial charge in [-0.05, 0) is 87.0 Å². The van der Waals surface area contributed by atoms with E-state index < -0.39 is 108 Å². The molecule has 8 atom stereocenters. The summed E-state index contributed by atoms with van der Waals surface area (Å²) in [6, 6.07) is 2.13. The standard InChI is InChI=1S/C60H81FN6O16/c1-8-38-40-28-67-45(25-42-41(59(67)80)30-83-35(7)60(42,81)9-2)54(40)64-44-26-43(61)34(6)39(52(38)44)16-12-14-22-82-31-63-57(78)33(5)23-46(70)53(32(3)4)65-58(79)36(17-18-49(73)62-27-47(71)55(76)56(77)48(72)29-68)24-37(69)15-11-10-13-21-66-50(74)19-20-51(66)75/h19-20,25-26,32-33,36,47-48,53,55-56,68,71-72,76-77,81H,7-18,21-24,27-31H2,1-6H3,(H,62,73)(H,63,78)(H,65,79)/t33-,36-,47+,48-,53+,55-,56-,60-/m1/s1. The summed E-state index contributed by atoms with van der Waals surface area (Å²) in [4.78, 5) is 111. The Labute approximate surface area is 481 Å². The largest absolute Gasteiger partial charge is 0.490 e. The second kappa shape index (κ2) is 29.3. The van der Waals surface area contributed by atoms with Crippen LogP contribution in [0.25, 0.3) is 22.3 Å². The van der Waals surface area contributed by atoms with E-state index in [1.807, 2.05) is 6.92 Å². The number of Topliss-reactive ketones (excluding diaryl/α,β-unsaturated/α-hetero) is 2. The van der Waals surface area contributed by atoms with E-state index in [0.717, 1.165) is 27.0 Å². The van der Waals surface area contributed by atoms with Gasteiger partial charge >= 0.3 is 0 Å². The summed E-state index contributed by atoms with van der Waals surface area (Å²) in [6.45, 7) is 13.4. The second-order valence-corrected chi connectivity index (χ2v) is 22.3. The molecule has 5 amide bonds. The van der Waals surface area contributed by atoms with E-state index in [9.17, 15) is 63.9 Å². The van der Waals surface area contributed by atoms with Crippen LogP contribution in [0.1, 0.15) is 139 Å². The minimum absolute atomic E-state index is 0.0120. The van der Waals surface area contributed by atoms with E-state index in [1.54, 1.807) is 45.3 Å². The van der Waals surface area contributed by atoms with E-state index in [4.69, 9.17) is 19.6 Å². The molecule has 22 nitrogen and oxygen atoms in total. The van der Waals surface area contributed by atoms with Gasteiger partial charge in [-0.2, -0.15) is 0 Å². The van der Waals surface area contributed by atoms with Gasteiger partial charge in [-0.1, -0.05) is 47.6 Å². The zero-order valence-corrected chi connectivity index (χ0v) is 48.3. The van der Waals surface area contributed by atoms with Gasteiger partial charge in [-0.15, -0.1) is 0 Å². The molecule has 0 spiro atoms. The molecule has 454 valence electrons. The summed E-state index contributed by atoms with van der Waals surface area (Å²) >= 11 is 0. The van der Waals surface area contributed by atoms with Gasteiger partial charge in [0, 0.05) is 91.9 Å². The van der Waals surface area contributed by atoms with Crippen molar-refractivity contribution in [3.8, 4) is 11.4 Å². The van der Waals surface area contributed by atoms with E-state index in [1.165, 1.54) is 18.2 Å². The molecular weight excluding hydrogens is 1080 g/mol. The van der Waals surface area contributed by atoms with Crippen molar-refractivity contribution in [3.05, 3.63) is 86.2 Å². The van der Waals surface area contributed by atoms with Crippen LogP contribution in [0.3, 0.4) is 0 Å². The maximum atomic E-state index is 15.7. The number of halogens is 1. The van der Waals surface area contributed by atoms with Crippen molar-refractivity contribution >= 4 is 52.0 Å². The molecule has 0 fully saturated rings. The highest BCUT2D eigenvalue weighted by atomic mass is 19.1. The number of hydrogen-bond acceptors (Lipinski definition) is 17. The number of carbonyl (C=O) groups is 7. The number of aliphatic hydroxyl groups is 6. The van der Waals surface area contributed by atoms with Gasteiger partial charge in [0.1, 0.15) is 54.6 Å². The first-order chi connectivity index (χ1) is 39.4. The van der Waals surface area contributed by atoms with Gasteiger partial charge in [0.25, 0.3) is 17.4 Å². The molecule has 0 aliphatic carbocycles. The number of aliphatic hydroxyl groups excluding tert-OH is 5. The fourth-order valence-electron chi connectivity index (χ4n) is 11.0. The minimum atomic E-state index is -1.93. The molecule has 9 N–H and O–H groups in total. The maximum absolute atomic E-state index is 15.7. The van der Waals surface area contributed by atoms with Gasteiger partial charge in [-0.3, -0.25) is 43.3 Å². The molecule has 3 aromatic rings. The van der Waals surface area contributed by atoms with Crippen LogP contribution in [0.15, 0.2) is 41.4 Å². The molecule has 6 rings (SSSR count). The predicted octanol–water partition coefficient (Wildman–Crippen LogP) is 2.62. The zero-order valence-electron chi connectivity index (χ0n) is 48.3. The van der Waals surface area contributed by atoms with Crippen LogP contribution in [0, 0.1) is 30.5 Å². The van der Waals surface area contributed by atoms with Crippen molar-refractivity contribution < 1.29 is 78.1 Å². The number of ether oxygens (including phenoxy) is 2. The highest BCUT2D eigenvalue weighted by molar-refractivity contribution is 6.12. The maximum Gasteiger partial charge on any atom is 0.258 e. The highest BCUT2D eigenvalue weighted by Crippen LogP contribution is 2.44. The first kappa shape index (κ1) is 65.6. The Morgan fingerprint density at radius 1 is 0.880 bits per heavy atom. The first-order valence-electron chi connectivity index (χ1n) is 28.7. The number of hydrogen-bond donors (Lipinski definition) is 9. The lowest BCUT2D eigenvalue weighted by Gasteiger charge is -2.35. The van der Waals surface area contributed by atoms with Crippen molar-refractivity contribution in [2.24, 2.45) is 17.8 Å². The quantitative estimate of drug-likeness (QED) is 0.0188. The van der Waals surface area contributed by atoms with Gasteiger partial charge in [0.05, 0.1) is 47.8 Å². The number of nitrogens with zero attached hydrogens (tertiary/aromatic N) is 3. The Hall–Kier alpha value is -6.60. The molecule has 0 radical (unpaired) electrons. The molecule has 0 saturated heterocycles. The molecule has 5 heterocycles. The number of aryl methyl sites for hydroxylation is 2. The lowest BCUT2D eigenvalue weighted by atomic mass is 9.84. The third kappa shape index (κ3) is 15.4. The smallest absolute Gasteiger partial charge is 0.258 e. The number of rotatable bonds is 33. The van der Waals surface area contributed by atoms with Crippen molar-refractivity contribution in [1.29, 1.82) is 0 Å². The average Bonchev–Trinajstić information content (AvgIpc) is 2.80. The van der Waals surface area contributed by atoms with Crippen molar-refractivity contribution in [2.75, 3.05) is 33.0 Å². The number of benzene rings is 1. The summed E-state index contributed by atoms with van der Waals surface area (Å²) in [5.74, 6) is -6.12. The topological polar surface area (TPSA) is 334 Å². The van der Waals surface area contributed by atoms with Crippen LogP contribution >= 0.6 is 0 Å². The molecule has 1 aromatic carbocycles. The fraction of sp³-hybridized carbons (Fsp3) is 0.583. The van der Waals surface area contributed by atoms with Crippen LogP contribution in [0.2, 0.25) is 0 Å². The van der Waals surface area contributed by atoms with Crippen LogP contribution in [-0.2, 0) is 74.6 Å². The predicted molar refractivity (Wildman–Crippen MR) is 301 cm³/mol. The second-order valence-electron chi connectivity index (χ2n) is 22.3. The van der Waals surface area contributed by atoms with Crippen LogP contribution < -0.4 is 21.5 Å². The Morgan fingerprint density at radius 3 is 2.24 bits per heavy atom. The first-order valence-corrected chi connectivity index (χ1v) is 28.7. The molecule has 0 bridgehead atoms. The average molecular weight is 1160 g/mol. The van der Waals surface area contributed by atoms with Gasteiger partial charge in [-0.25, -0.2) is 9.37 Å². The number of pyridine rings is 2.